The van der Waals surface area contributed by atoms with Crippen LogP contribution >= 0.6 is 0 Å². The maximum absolute atomic E-state index is 11.3. The largest absolute Gasteiger partial charge is 0.444 e. The number of hydrogen-bond donors (Lipinski definition) is 2. The van der Waals surface area contributed by atoms with E-state index in [0.29, 0.717) is 6.54 Å². The predicted octanol–water partition coefficient (Wildman–Crippen LogP) is 0.807. The summed E-state index contributed by atoms with van der Waals surface area (Å²) in [5, 5.41) is 5.98. The lowest BCUT2D eigenvalue weighted by Crippen LogP contribution is -2.42. The van der Waals surface area contributed by atoms with E-state index in [4.69, 9.17) is 4.74 Å². The van der Waals surface area contributed by atoms with E-state index in [1.807, 2.05) is 20.8 Å². The van der Waals surface area contributed by atoms with Gasteiger partial charge in [0.2, 0.25) is 0 Å². The van der Waals surface area contributed by atoms with E-state index in [1.54, 1.807) is 0 Å². The average Bonchev–Trinajstić information content (AvgIpc) is 2.06. The Bertz CT molecular complexity index is 229. The van der Waals surface area contributed by atoms with Crippen molar-refractivity contribution in [2.75, 3.05) is 47.3 Å². The van der Waals surface area contributed by atoms with E-state index in [-0.39, 0.29) is 6.09 Å². The number of carbonyl (C=O) groups is 1. The molecule has 0 bridgehead atoms. The average molecular weight is 246 g/mol. The zero-order valence-electron chi connectivity index (χ0n) is 12.1. The predicted molar refractivity (Wildman–Crippen MR) is 70.0 cm³/mol. The summed E-state index contributed by atoms with van der Waals surface area (Å²) in [6.45, 7) is 8.92. The van der Waals surface area contributed by atoms with E-state index in [9.17, 15) is 4.79 Å². The molecule has 0 unspecified atom stereocenters. The molecular formula is C12H28N3O2+. The van der Waals surface area contributed by atoms with Crippen molar-refractivity contribution in [1.82, 2.24) is 10.6 Å². The smallest absolute Gasteiger partial charge is 0.407 e. The van der Waals surface area contributed by atoms with Gasteiger partial charge in [-0.3, -0.25) is 0 Å². The SMILES string of the molecule is CC(C)(C)OC(=O)NCCNCC[N+](C)(C)C. The molecule has 0 aromatic carbocycles. The molecule has 0 spiro atoms. The van der Waals surface area contributed by atoms with Crippen LogP contribution in [0.4, 0.5) is 4.79 Å². The van der Waals surface area contributed by atoms with E-state index >= 15 is 0 Å². The molecule has 0 aliphatic carbocycles. The summed E-state index contributed by atoms with van der Waals surface area (Å²) in [5.41, 5.74) is -0.429. The molecule has 17 heavy (non-hydrogen) atoms. The van der Waals surface area contributed by atoms with Gasteiger partial charge in [-0.25, -0.2) is 4.79 Å². The molecule has 0 saturated heterocycles. The van der Waals surface area contributed by atoms with Gasteiger partial charge in [-0.05, 0) is 20.8 Å². The van der Waals surface area contributed by atoms with Gasteiger partial charge in [0, 0.05) is 19.6 Å². The number of alkyl carbamates (subject to hydrolysis) is 1. The second-order valence-corrected chi connectivity index (χ2v) is 6.19. The molecule has 0 aromatic heterocycles. The number of nitrogens with one attached hydrogen (secondary N) is 2. The normalized spacial score (nSPS) is 12.4. The summed E-state index contributed by atoms with van der Waals surface area (Å²) < 4.78 is 6.05. The summed E-state index contributed by atoms with van der Waals surface area (Å²) >= 11 is 0. The molecule has 0 atom stereocenters. The summed E-state index contributed by atoms with van der Waals surface area (Å²) in [6.07, 6.45) is -0.356. The zero-order valence-corrected chi connectivity index (χ0v) is 12.1. The fourth-order valence-corrected chi connectivity index (χ4v) is 1.11. The maximum atomic E-state index is 11.3. The van der Waals surface area contributed by atoms with Gasteiger partial charge in [-0.1, -0.05) is 0 Å². The van der Waals surface area contributed by atoms with Crippen molar-refractivity contribution in [1.29, 1.82) is 0 Å². The molecule has 0 fully saturated rings. The third-order valence-electron chi connectivity index (χ3n) is 1.93. The molecule has 0 radical (unpaired) electrons. The minimum absolute atomic E-state index is 0.356. The summed E-state index contributed by atoms with van der Waals surface area (Å²) in [6, 6.07) is 0. The van der Waals surface area contributed by atoms with Crippen LogP contribution in [0.25, 0.3) is 0 Å². The Morgan fingerprint density at radius 3 is 2.18 bits per heavy atom. The zero-order chi connectivity index (χ0) is 13.5. The number of hydrogen-bond acceptors (Lipinski definition) is 3. The quantitative estimate of drug-likeness (QED) is 0.538. The fourth-order valence-electron chi connectivity index (χ4n) is 1.11. The highest BCUT2D eigenvalue weighted by Crippen LogP contribution is 2.05. The number of nitrogens with zero attached hydrogens (tertiary/aromatic N) is 1. The molecule has 5 heteroatoms. The molecule has 0 aromatic rings. The third-order valence-corrected chi connectivity index (χ3v) is 1.93. The van der Waals surface area contributed by atoms with E-state index in [2.05, 4.69) is 31.8 Å². The Hall–Kier alpha value is -0.810. The molecule has 102 valence electrons. The number of likely N-dealkylation sites (N-methyl/N-ethyl adjacent to an activating group) is 1. The van der Waals surface area contributed by atoms with Crippen molar-refractivity contribution < 1.29 is 14.0 Å². The second-order valence-electron chi connectivity index (χ2n) is 6.19. The van der Waals surface area contributed by atoms with Crippen molar-refractivity contribution in [3.63, 3.8) is 0 Å². The number of carbonyl (C=O) groups excluding carboxylic acids is 1. The first-order valence-corrected chi connectivity index (χ1v) is 6.08. The number of ether oxygens (including phenoxy) is 1. The van der Waals surface area contributed by atoms with Crippen molar-refractivity contribution in [3.8, 4) is 0 Å². The summed E-state index contributed by atoms with van der Waals surface area (Å²) in [7, 11) is 6.46. The van der Waals surface area contributed by atoms with Gasteiger partial charge in [-0.2, -0.15) is 0 Å². The molecule has 0 saturated carbocycles. The van der Waals surface area contributed by atoms with Gasteiger partial charge in [0.05, 0.1) is 27.7 Å². The Labute approximate surface area is 105 Å². The van der Waals surface area contributed by atoms with E-state index in [1.165, 1.54) is 0 Å². The van der Waals surface area contributed by atoms with Crippen LogP contribution in [0.5, 0.6) is 0 Å². The van der Waals surface area contributed by atoms with Crippen LogP contribution in [0.1, 0.15) is 20.8 Å². The van der Waals surface area contributed by atoms with Gasteiger partial charge in [0.25, 0.3) is 0 Å². The van der Waals surface area contributed by atoms with Crippen molar-refractivity contribution in [2.45, 2.75) is 26.4 Å². The highest BCUT2D eigenvalue weighted by molar-refractivity contribution is 5.67. The maximum Gasteiger partial charge on any atom is 0.407 e. The highest BCUT2D eigenvalue weighted by atomic mass is 16.6. The van der Waals surface area contributed by atoms with Crippen molar-refractivity contribution >= 4 is 6.09 Å². The van der Waals surface area contributed by atoms with Crippen molar-refractivity contribution in [3.05, 3.63) is 0 Å². The van der Waals surface area contributed by atoms with Gasteiger partial charge in [0.1, 0.15) is 5.60 Å². The number of amides is 1. The minimum Gasteiger partial charge on any atom is -0.444 e. The van der Waals surface area contributed by atoms with Crippen LogP contribution in [0.15, 0.2) is 0 Å². The van der Waals surface area contributed by atoms with Gasteiger partial charge in [-0.15, -0.1) is 0 Å². The van der Waals surface area contributed by atoms with Gasteiger partial charge < -0.3 is 19.9 Å². The molecule has 0 heterocycles. The molecule has 0 aliphatic rings. The van der Waals surface area contributed by atoms with Crippen LogP contribution in [-0.2, 0) is 4.74 Å². The van der Waals surface area contributed by atoms with E-state index in [0.717, 1.165) is 24.1 Å². The second kappa shape index (κ2) is 6.81. The Morgan fingerprint density at radius 1 is 1.12 bits per heavy atom. The lowest BCUT2D eigenvalue weighted by atomic mass is 10.2. The van der Waals surface area contributed by atoms with Crippen molar-refractivity contribution in [2.24, 2.45) is 0 Å². The first kappa shape index (κ1) is 16.2. The molecule has 0 aliphatic heterocycles. The minimum atomic E-state index is -0.429. The Kier molecular flexibility index (Phi) is 6.49. The molecule has 1 amide bonds. The first-order valence-electron chi connectivity index (χ1n) is 6.08. The first-order chi connectivity index (χ1) is 7.60. The highest BCUT2D eigenvalue weighted by Gasteiger charge is 2.15. The summed E-state index contributed by atoms with van der Waals surface area (Å²) in [5.74, 6) is 0. The molecule has 2 N–H and O–H groups in total. The summed E-state index contributed by atoms with van der Waals surface area (Å²) in [4.78, 5) is 11.3. The number of rotatable bonds is 6. The van der Waals surface area contributed by atoms with Crippen LogP contribution in [-0.4, -0.2) is 63.5 Å². The van der Waals surface area contributed by atoms with Gasteiger partial charge >= 0.3 is 6.09 Å². The standard InChI is InChI=1S/C12H27N3O2/c1-12(2,3)17-11(16)14-8-7-13-9-10-15(4,5)6/h13H,7-10H2,1-6H3/p+1. The topological polar surface area (TPSA) is 50.4 Å². The third kappa shape index (κ3) is 13.1. The van der Waals surface area contributed by atoms with Crippen LogP contribution in [0.3, 0.4) is 0 Å². The Morgan fingerprint density at radius 2 is 1.71 bits per heavy atom. The lowest BCUT2D eigenvalue weighted by molar-refractivity contribution is -0.869. The van der Waals surface area contributed by atoms with Gasteiger partial charge in [0.15, 0.2) is 0 Å². The number of quaternary nitrogens is 1. The lowest BCUT2D eigenvalue weighted by Gasteiger charge is -2.24. The Balaban J connectivity index is 3.44. The molecular weight excluding hydrogens is 218 g/mol. The monoisotopic (exact) mass is 246 g/mol. The van der Waals surface area contributed by atoms with Crippen LogP contribution in [0, 0.1) is 0 Å². The van der Waals surface area contributed by atoms with E-state index < -0.39 is 5.60 Å². The molecule has 5 nitrogen and oxygen atoms in total. The van der Waals surface area contributed by atoms with Crippen LogP contribution in [0.2, 0.25) is 0 Å². The van der Waals surface area contributed by atoms with Crippen LogP contribution < -0.4 is 10.6 Å². The fraction of sp³-hybridized carbons (Fsp3) is 0.917. The molecule has 0 rings (SSSR count).